The number of ether oxygens (including phenoxy) is 1. The van der Waals surface area contributed by atoms with Crippen molar-refractivity contribution in [1.29, 1.82) is 0 Å². The van der Waals surface area contributed by atoms with E-state index in [-0.39, 0.29) is 5.91 Å². The summed E-state index contributed by atoms with van der Waals surface area (Å²) in [5.74, 6) is 1.24. The van der Waals surface area contributed by atoms with Gasteiger partial charge < -0.3 is 4.74 Å². The van der Waals surface area contributed by atoms with Crippen LogP contribution in [0, 0.1) is 12.8 Å². The van der Waals surface area contributed by atoms with Gasteiger partial charge in [0.1, 0.15) is 5.75 Å². The predicted molar refractivity (Wildman–Crippen MR) is 114 cm³/mol. The van der Waals surface area contributed by atoms with Gasteiger partial charge in [-0.25, -0.2) is 0 Å². The summed E-state index contributed by atoms with van der Waals surface area (Å²) in [5, 5.41) is 0. The number of anilines is 1. The average Bonchev–Trinajstić information content (AvgIpc) is 2.89. The van der Waals surface area contributed by atoms with Crippen LogP contribution in [0.4, 0.5) is 5.69 Å². The molecule has 3 nitrogen and oxygen atoms in total. The van der Waals surface area contributed by atoms with Crippen molar-refractivity contribution in [3.8, 4) is 5.75 Å². The fraction of sp³-hybridized carbons (Fsp3) is 0.238. The standard InChI is InChI=1S/C21H21NO2S2/c1-14(2)13-24-18-10-6-16(7-11-18)12-19-20(23)22(21(25)26-19)17-8-4-15(3)5-9-17/h4-12,14H,13H2,1-3H3/b19-12+. The van der Waals surface area contributed by atoms with Crippen LogP contribution in [0.25, 0.3) is 6.08 Å². The number of amides is 1. The van der Waals surface area contributed by atoms with Gasteiger partial charge in [-0.3, -0.25) is 9.69 Å². The minimum Gasteiger partial charge on any atom is -0.493 e. The highest BCUT2D eigenvalue weighted by Crippen LogP contribution is 2.36. The lowest BCUT2D eigenvalue weighted by Gasteiger charge is -2.14. The maximum absolute atomic E-state index is 12.8. The predicted octanol–water partition coefficient (Wildman–Crippen LogP) is 5.44. The molecule has 0 spiro atoms. The average molecular weight is 384 g/mol. The van der Waals surface area contributed by atoms with Crippen LogP contribution in [0.3, 0.4) is 0 Å². The van der Waals surface area contributed by atoms with Crippen molar-refractivity contribution in [2.24, 2.45) is 5.92 Å². The van der Waals surface area contributed by atoms with E-state index in [1.165, 1.54) is 11.8 Å². The lowest BCUT2D eigenvalue weighted by Crippen LogP contribution is -2.27. The molecular weight excluding hydrogens is 362 g/mol. The molecule has 1 heterocycles. The van der Waals surface area contributed by atoms with Gasteiger partial charge >= 0.3 is 0 Å². The van der Waals surface area contributed by atoms with Gasteiger partial charge in [0.2, 0.25) is 0 Å². The Bertz CT molecular complexity index is 839. The summed E-state index contributed by atoms with van der Waals surface area (Å²) in [7, 11) is 0. The van der Waals surface area contributed by atoms with Crippen LogP contribution in [0.5, 0.6) is 5.75 Å². The van der Waals surface area contributed by atoms with Gasteiger partial charge in [0.15, 0.2) is 4.32 Å². The second kappa shape index (κ2) is 8.06. The van der Waals surface area contributed by atoms with Crippen LogP contribution in [0.1, 0.15) is 25.0 Å². The summed E-state index contributed by atoms with van der Waals surface area (Å²) in [5.41, 5.74) is 2.90. The zero-order valence-electron chi connectivity index (χ0n) is 15.1. The number of hydrogen-bond donors (Lipinski definition) is 0. The van der Waals surface area contributed by atoms with E-state index in [9.17, 15) is 4.79 Å². The number of hydrogen-bond acceptors (Lipinski definition) is 4. The number of carbonyl (C=O) groups is 1. The van der Waals surface area contributed by atoms with E-state index in [0.717, 1.165) is 22.6 Å². The summed E-state index contributed by atoms with van der Waals surface area (Å²) in [6.45, 7) is 6.94. The molecule has 2 aromatic rings. The molecule has 1 aliphatic rings. The largest absolute Gasteiger partial charge is 0.493 e. The van der Waals surface area contributed by atoms with Gasteiger partial charge in [0, 0.05) is 0 Å². The molecule has 0 aromatic heterocycles. The molecule has 0 aliphatic carbocycles. The first kappa shape index (κ1) is 18.7. The molecule has 1 aliphatic heterocycles. The Morgan fingerprint density at radius 1 is 1.12 bits per heavy atom. The van der Waals surface area contributed by atoms with Crippen LogP contribution in [-0.4, -0.2) is 16.8 Å². The first-order chi connectivity index (χ1) is 12.4. The monoisotopic (exact) mass is 383 g/mol. The molecular formula is C21H21NO2S2. The zero-order chi connectivity index (χ0) is 18.7. The fourth-order valence-electron chi connectivity index (χ4n) is 2.46. The number of thiocarbonyl (C=S) groups is 1. The van der Waals surface area contributed by atoms with Crippen molar-refractivity contribution in [3.63, 3.8) is 0 Å². The summed E-state index contributed by atoms with van der Waals surface area (Å²) in [6, 6.07) is 15.6. The van der Waals surface area contributed by atoms with Crippen molar-refractivity contribution in [1.82, 2.24) is 0 Å². The summed E-state index contributed by atoms with van der Waals surface area (Å²) in [4.78, 5) is 15.0. The van der Waals surface area contributed by atoms with Gasteiger partial charge in [-0.15, -0.1) is 0 Å². The van der Waals surface area contributed by atoms with Crippen molar-refractivity contribution in [3.05, 3.63) is 64.6 Å². The number of nitrogens with zero attached hydrogens (tertiary/aromatic N) is 1. The molecule has 134 valence electrons. The molecule has 1 saturated heterocycles. The molecule has 1 amide bonds. The van der Waals surface area contributed by atoms with E-state index in [4.69, 9.17) is 17.0 Å². The van der Waals surface area contributed by atoms with Crippen molar-refractivity contribution in [2.45, 2.75) is 20.8 Å². The summed E-state index contributed by atoms with van der Waals surface area (Å²) >= 11 is 6.74. The number of benzene rings is 2. The lowest BCUT2D eigenvalue weighted by molar-refractivity contribution is -0.113. The smallest absolute Gasteiger partial charge is 0.270 e. The van der Waals surface area contributed by atoms with E-state index >= 15 is 0 Å². The quantitative estimate of drug-likeness (QED) is 0.508. The Labute approximate surface area is 164 Å². The molecule has 0 saturated carbocycles. The second-order valence-electron chi connectivity index (χ2n) is 6.63. The Kier molecular flexibility index (Phi) is 5.79. The number of aryl methyl sites for hydroxylation is 1. The number of carbonyl (C=O) groups excluding carboxylic acids is 1. The molecule has 0 radical (unpaired) electrons. The van der Waals surface area contributed by atoms with E-state index < -0.39 is 0 Å². The summed E-state index contributed by atoms with van der Waals surface area (Å²) in [6.07, 6.45) is 1.87. The van der Waals surface area contributed by atoms with Crippen LogP contribution < -0.4 is 9.64 Å². The highest BCUT2D eigenvalue weighted by atomic mass is 32.2. The second-order valence-corrected chi connectivity index (χ2v) is 8.30. The molecule has 0 atom stereocenters. The highest BCUT2D eigenvalue weighted by Gasteiger charge is 2.33. The van der Waals surface area contributed by atoms with Crippen LogP contribution in [0.2, 0.25) is 0 Å². The molecule has 5 heteroatoms. The van der Waals surface area contributed by atoms with Crippen molar-refractivity contribution >= 4 is 46.0 Å². The van der Waals surface area contributed by atoms with E-state index in [2.05, 4.69) is 13.8 Å². The third-order valence-corrected chi connectivity index (χ3v) is 5.15. The molecule has 3 rings (SSSR count). The van der Waals surface area contributed by atoms with E-state index in [1.807, 2.05) is 61.5 Å². The minimum absolute atomic E-state index is 0.0796. The Hall–Kier alpha value is -2.11. The topological polar surface area (TPSA) is 29.5 Å². The maximum atomic E-state index is 12.8. The van der Waals surface area contributed by atoms with E-state index in [0.29, 0.717) is 21.8 Å². The fourth-order valence-corrected chi connectivity index (χ4v) is 3.76. The van der Waals surface area contributed by atoms with Crippen LogP contribution in [-0.2, 0) is 4.79 Å². The van der Waals surface area contributed by atoms with Crippen LogP contribution in [0.15, 0.2) is 53.4 Å². The van der Waals surface area contributed by atoms with Gasteiger partial charge in [0.25, 0.3) is 5.91 Å². The third kappa shape index (κ3) is 4.34. The lowest BCUT2D eigenvalue weighted by atomic mass is 10.2. The normalized spacial score (nSPS) is 16.0. The highest BCUT2D eigenvalue weighted by molar-refractivity contribution is 8.27. The SMILES string of the molecule is Cc1ccc(N2C(=O)/C(=C\c3ccc(OCC(C)C)cc3)SC2=S)cc1. The van der Waals surface area contributed by atoms with Crippen molar-refractivity contribution < 1.29 is 9.53 Å². The van der Waals surface area contributed by atoms with E-state index in [1.54, 1.807) is 4.90 Å². The molecule has 26 heavy (non-hydrogen) atoms. The molecule has 0 N–H and O–H groups in total. The maximum Gasteiger partial charge on any atom is 0.270 e. The van der Waals surface area contributed by atoms with Gasteiger partial charge in [0.05, 0.1) is 17.2 Å². The number of rotatable bonds is 5. The molecule has 1 fully saturated rings. The number of thioether (sulfide) groups is 1. The van der Waals surface area contributed by atoms with Gasteiger partial charge in [-0.2, -0.15) is 0 Å². The third-order valence-electron chi connectivity index (χ3n) is 3.85. The Morgan fingerprint density at radius 3 is 2.38 bits per heavy atom. The Morgan fingerprint density at radius 2 is 1.77 bits per heavy atom. The first-order valence-electron chi connectivity index (χ1n) is 8.51. The van der Waals surface area contributed by atoms with Crippen LogP contribution >= 0.6 is 24.0 Å². The zero-order valence-corrected chi connectivity index (χ0v) is 16.7. The first-order valence-corrected chi connectivity index (χ1v) is 9.74. The molecule has 0 unspecified atom stereocenters. The summed E-state index contributed by atoms with van der Waals surface area (Å²) < 4.78 is 6.25. The molecule has 2 aromatic carbocycles. The molecule has 0 bridgehead atoms. The minimum atomic E-state index is -0.0796. The Balaban J connectivity index is 1.76. The van der Waals surface area contributed by atoms with Gasteiger partial charge in [-0.05, 0) is 48.7 Å². The van der Waals surface area contributed by atoms with Crippen molar-refractivity contribution in [2.75, 3.05) is 11.5 Å². The van der Waals surface area contributed by atoms with Gasteiger partial charge in [-0.1, -0.05) is 67.7 Å².